The minimum atomic E-state index is -0.870. The van der Waals surface area contributed by atoms with Crippen LogP contribution in [0.2, 0.25) is 0 Å². The molecule has 0 amide bonds. The van der Waals surface area contributed by atoms with E-state index in [1.54, 1.807) is 0 Å². The largest absolute Gasteiger partial charge is 0.461 e. The smallest absolute Gasteiger partial charge is 0.319 e. The van der Waals surface area contributed by atoms with Gasteiger partial charge in [0.05, 0.1) is 21.4 Å². The number of nitrogens with two attached hydrogens (primary N) is 2. The molecule has 1 aromatic carbocycles. The third kappa shape index (κ3) is 6.01. The van der Waals surface area contributed by atoms with E-state index in [1.165, 1.54) is 18.2 Å². The van der Waals surface area contributed by atoms with Crippen LogP contribution in [0, 0.1) is 23.0 Å². The van der Waals surface area contributed by atoms with Gasteiger partial charge in [0.15, 0.2) is 5.82 Å². The molecule has 5 heterocycles. The number of nitriles is 1. The van der Waals surface area contributed by atoms with Gasteiger partial charge >= 0.3 is 6.01 Å². The highest BCUT2D eigenvalue weighted by Gasteiger charge is 2.45. The average molecular weight is 640 g/mol. The lowest BCUT2D eigenvalue weighted by molar-refractivity contribution is 0.108. The molecule has 0 bridgehead atoms. The number of fused-ring (bicyclic) bond motifs is 1. The van der Waals surface area contributed by atoms with Gasteiger partial charge < -0.3 is 21.1 Å². The normalized spacial score (nSPS) is 19.4. The van der Waals surface area contributed by atoms with E-state index in [4.69, 9.17) is 26.5 Å². The summed E-state index contributed by atoms with van der Waals surface area (Å²) in [5.74, 6) is -1.86. The summed E-state index contributed by atoms with van der Waals surface area (Å²) in [5.41, 5.74) is 11.9. The molecule has 0 aliphatic carbocycles. The van der Waals surface area contributed by atoms with Crippen LogP contribution in [0.4, 0.5) is 24.0 Å². The van der Waals surface area contributed by atoms with Gasteiger partial charge in [0.1, 0.15) is 40.7 Å². The summed E-state index contributed by atoms with van der Waals surface area (Å²) in [5, 5.41) is 9.62. The number of thiophene rings is 1. The molecule has 1 unspecified atom stereocenters. The van der Waals surface area contributed by atoms with Crippen molar-refractivity contribution in [2.75, 3.05) is 43.4 Å². The van der Waals surface area contributed by atoms with Gasteiger partial charge in [-0.3, -0.25) is 4.90 Å². The SMILES string of the molecule is CC.CCN1c2nc(OCC34CCCN3CCC4)nc3c(F)c(/C=C/C=C(/F)c4cc(C#N)c(N)s4)c(F)c(c23)CCC1CN. The van der Waals surface area contributed by atoms with Gasteiger partial charge in [-0.1, -0.05) is 19.9 Å². The molecular weight excluding hydrogens is 599 g/mol. The Kier molecular flexibility index (Phi) is 10.0. The number of nitrogen functional groups attached to an aromatic ring is 1. The Bertz CT molecular complexity index is 1650. The van der Waals surface area contributed by atoms with Crippen LogP contribution in [0.1, 0.15) is 74.4 Å². The molecule has 4 N–H and O–H groups in total. The van der Waals surface area contributed by atoms with Crippen molar-refractivity contribution < 1.29 is 17.9 Å². The van der Waals surface area contributed by atoms with Gasteiger partial charge in [0.2, 0.25) is 0 Å². The van der Waals surface area contributed by atoms with Crippen molar-refractivity contribution in [1.29, 1.82) is 5.26 Å². The predicted molar refractivity (Wildman–Crippen MR) is 175 cm³/mol. The van der Waals surface area contributed by atoms with Crippen molar-refractivity contribution in [2.24, 2.45) is 5.73 Å². The third-order valence-corrected chi connectivity index (χ3v) is 10.0. The fraction of sp³-hybridized carbons (Fsp3) is 0.485. The Morgan fingerprint density at radius 2 is 1.96 bits per heavy atom. The predicted octanol–water partition coefficient (Wildman–Crippen LogP) is 6.58. The van der Waals surface area contributed by atoms with E-state index in [2.05, 4.69) is 9.88 Å². The second-order valence-corrected chi connectivity index (χ2v) is 12.5. The summed E-state index contributed by atoms with van der Waals surface area (Å²) in [6.45, 7) is 9.30. The monoisotopic (exact) mass is 639 g/mol. The molecule has 3 aliphatic rings. The number of anilines is 2. The Labute approximate surface area is 266 Å². The second kappa shape index (κ2) is 13.8. The van der Waals surface area contributed by atoms with Gasteiger partial charge in [-0.05, 0) is 76.8 Å². The molecule has 2 fully saturated rings. The highest BCUT2D eigenvalue weighted by molar-refractivity contribution is 7.17. The third-order valence-electron chi connectivity index (χ3n) is 9.07. The molecule has 2 aromatic heterocycles. The first kappa shape index (κ1) is 32.7. The Balaban J connectivity index is 0.00000196. The number of allylic oxidation sites excluding steroid dienone is 2. The molecule has 6 rings (SSSR count). The summed E-state index contributed by atoms with van der Waals surface area (Å²) < 4.78 is 53.3. The molecule has 0 radical (unpaired) electrons. The molecule has 240 valence electrons. The maximum Gasteiger partial charge on any atom is 0.319 e. The van der Waals surface area contributed by atoms with Crippen LogP contribution < -0.4 is 21.1 Å². The topological polar surface area (TPSA) is 117 Å². The first-order chi connectivity index (χ1) is 21.8. The molecule has 0 saturated carbocycles. The second-order valence-electron chi connectivity index (χ2n) is 11.4. The number of hydrogen-bond donors (Lipinski definition) is 2. The van der Waals surface area contributed by atoms with E-state index in [0.29, 0.717) is 49.3 Å². The first-order valence-electron chi connectivity index (χ1n) is 15.7. The Morgan fingerprint density at radius 3 is 2.60 bits per heavy atom. The molecule has 12 heteroatoms. The molecule has 3 aromatic rings. The van der Waals surface area contributed by atoms with Gasteiger partial charge in [-0.2, -0.15) is 15.2 Å². The summed E-state index contributed by atoms with van der Waals surface area (Å²) in [6, 6.07) is 3.17. The highest BCUT2D eigenvalue weighted by atomic mass is 32.1. The van der Waals surface area contributed by atoms with Crippen molar-refractivity contribution >= 4 is 45.0 Å². The number of likely N-dealkylation sites (N-methyl/N-ethyl adjacent to an activating group) is 1. The number of ether oxygens (including phenoxy) is 1. The van der Waals surface area contributed by atoms with Crippen molar-refractivity contribution in [3.05, 3.63) is 51.4 Å². The van der Waals surface area contributed by atoms with Gasteiger partial charge in [-0.15, -0.1) is 11.3 Å². The molecule has 1 atom stereocenters. The van der Waals surface area contributed by atoms with Crippen LogP contribution in [0.25, 0.3) is 22.8 Å². The molecule has 45 heavy (non-hydrogen) atoms. The molecule has 3 aliphatic heterocycles. The number of hydrogen-bond acceptors (Lipinski definition) is 9. The molecule has 0 spiro atoms. The zero-order valence-corrected chi connectivity index (χ0v) is 26.8. The quantitative estimate of drug-likeness (QED) is 0.266. The lowest BCUT2D eigenvalue weighted by Gasteiger charge is -2.32. The van der Waals surface area contributed by atoms with E-state index in [0.717, 1.165) is 56.2 Å². The number of benzene rings is 1. The van der Waals surface area contributed by atoms with E-state index in [-0.39, 0.29) is 44.1 Å². The lowest BCUT2D eigenvalue weighted by atomic mass is 9.95. The van der Waals surface area contributed by atoms with Gasteiger partial charge in [-0.25, -0.2) is 13.2 Å². The standard InChI is InChI=1S/C31H34F3N7OS.C2H6/c1-2-41-19(16-36)8-9-20-24-27(38-30(39-29(24)41)42-17-31-10-4-12-40(31)13-5-11-31)26(34)21(25(20)33)6-3-7-22(32)23-14-18(15-35)28(37)43-23;1-2/h3,6-7,14,19H,2,4-5,8-13,16-17,36-37H2,1H3;1-2H3/b6-3+,22-7+;. The van der Waals surface area contributed by atoms with Crippen LogP contribution in [0.3, 0.4) is 0 Å². The van der Waals surface area contributed by atoms with Gasteiger partial charge in [0, 0.05) is 30.3 Å². The zero-order valence-electron chi connectivity index (χ0n) is 26.0. The van der Waals surface area contributed by atoms with E-state index >= 15 is 8.78 Å². The van der Waals surface area contributed by atoms with Crippen LogP contribution in [-0.2, 0) is 6.42 Å². The van der Waals surface area contributed by atoms with Crippen molar-refractivity contribution in [2.45, 2.75) is 70.9 Å². The van der Waals surface area contributed by atoms with Crippen LogP contribution >= 0.6 is 11.3 Å². The first-order valence-corrected chi connectivity index (χ1v) is 16.5. The van der Waals surface area contributed by atoms with Crippen molar-refractivity contribution in [3.63, 3.8) is 0 Å². The summed E-state index contributed by atoms with van der Waals surface area (Å²) >= 11 is 0.925. The summed E-state index contributed by atoms with van der Waals surface area (Å²) in [7, 11) is 0. The van der Waals surface area contributed by atoms with E-state index in [9.17, 15) is 4.39 Å². The van der Waals surface area contributed by atoms with Crippen molar-refractivity contribution in [1.82, 2.24) is 14.9 Å². The highest BCUT2D eigenvalue weighted by Crippen LogP contribution is 2.41. The van der Waals surface area contributed by atoms with E-state index in [1.807, 2.05) is 31.7 Å². The number of nitrogens with zero attached hydrogens (tertiary/aromatic N) is 5. The van der Waals surface area contributed by atoms with E-state index < -0.39 is 17.5 Å². The minimum absolute atomic E-state index is 0.0338. The summed E-state index contributed by atoms with van der Waals surface area (Å²) in [6.07, 6.45) is 8.66. The molecule has 2 saturated heterocycles. The van der Waals surface area contributed by atoms with Gasteiger partial charge in [0.25, 0.3) is 0 Å². The summed E-state index contributed by atoms with van der Waals surface area (Å²) in [4.78, 5) is 13.8. The van der Waals surface area contributed by atoms with Crippen LogP contribution in [0.5, 0.6) is 6.01 Å². The fourth-order valence-electron chi connectivity index (χ4n) is 6.89. The average Bonchev–Trinajstić information content (AvgIpc) is 3.72. The maximum absolute atomic E-state index is 16.2. The van der Waals surface area contributed by atoms with Crippen LogP contribution in [-0.4, -0.2) is 59.2 Å². The Hall–Kier alpha value is -3.66. The Morgan fingerprint density at radius 1 is 1.22 bits per heavy atom. The van der Waals surface area contributed by atoms with Crippen molar-refractivity contribution in [3.8, 4) is 12.1 Å². The lowest BCUT2D eigenvalue weighted by Crippen LogP contribution is -2.43. The number of aryl methyl sites for hydroxylation is 1. The van der Waals surface area contributed by atoms with Crippen LogP contribution in [0.15, 0.2) is 18.2 Å². The molecule has 8 nitrogen and oxygen atoms in total. The number of aromatic nitrogens is 2. The molecular formula is C33H40F3N7OS. The zero-order chi connectivity index (χ0) is 32.3. The minimum Gasteiger partial charge on any atom is -0.461 e. The number of halogens is 3. The number of rotatable bonds is 8. The fourth-order valence-corrected chi connectivity index (χ4v) is 7.68. The maximum atomic E-state index is 16.2.